The molecule has 78 valence electrons. The van der Waals surface area contributed by atoms with Gasteiger partial charge in [0.2, 0.25) is 5.91 Å². The number of nitrogens with two attached hydrogens (primary N) is 1. The number of aryl methyl sites for hydroxylation is 1. The molecule has 0 bridgehead atoms. The molecule has 1 amide bonds. The van der Waals surface area contributed by atoms with Crippen molar-refractivity contribution in [3.8, 4) is 0 Å². The lowest BCUT2D eigenvalue weighted by Crippen LogP contribution is -2.37. The molecule has 1 heterocycles. The van der Waals surface area contributed by atoms with E-state index >= 15 is 0 Å². The van der Waals surface area contributed by atoms with Gasteiger partial charge in [-0.1, -0.05) is 0 Å². The normalized spacial score (nSPS) is 13.1. The van der Waals surface area contributed by atoms with Gasteiger partial charge in [0.15, 0.2) is 0 Å². The van der Waals surface area contributed by atoms with Crippen LogP contribution in [0.1, 0.15) is 30.3 Å². The highest BCUT2D eigenvalue weighted by molar-refractivity contribution is 7.10. The molecule has 1 rings (SSSR count). The predicted octanol–water partition coefficient (Wildman–Crippen LogP) is 1.58. The molecule has 1 aromatic heterocycles. The first kappa shape index (κ1) is 11.2. The molecular weight excluding hydrogens is 196 g/mol. The zero-order valence-electron chi connectivity index (χ0n) is 8.70. The van der Waals surface area contributed by atoms with Crippen LogP contribution >= 0.6 is 11.3 Å². The lowest BCUT2D eigenvalue weighted by Gasteiger charge is -2.17. The fraction of sp³-hybridized carbons (Fsp3) is 0.500. The summed E-state index contributed by atoms with van der Waals surface area (Å²) in [6.07, 6.45) is 0. The van der Waals surface area contributed by atoms with E-state index in [4.69, 9.17) is 5.73 Å². The minimum Gasteiger partial charge on any atom is -0.368 e. The van der Waals surface area contributed by atoms with Crippen molar-refractivity contribution in [2.24, 2.45) is 5.73 Å². The minimum atomic E-state index is -0.352. The molecule has 0 radical (unpaired) electrons. The van der Waals surface area contributed by atoms with Crippen LogP contribution < -0.4 is 11.1 Å². The first-order chi connectivity index (χ1) is 6.52. The average molecular weight is 212 g/mol. The first-order valence-corrected chi connectivity index (χ1v) is 5.49. The predicted molar refractivity (Wildman–Crippen MR) is 59.3 cm³/mol. The van der Waals surface area contributed by atoms with Crippen molar-refractivity contribution in [3.63, 3.8) is 0 Å². The Kier molecular flexibility index (Phi) is 3.66. The van der Waals surface area contributed by atoms with E-state index in [-0.39, 0.29) is 18.0 Å². The zero-order chi connectivity index (χ0) is 10.7. The van der Waals surface area contributed by atoms with Crippen LogP contribution in [0.3, 0.4) is 0 Å². The van der Waals surface area contributed by atoms with Gasteiger partial charge in [-0.05, 0) is 37.8 Å². The summed E-state index contributed by atoms with van der Waals surface area (Å²) in [6.45, 7) is 5.99. The van der Waals surface area contributed by atoms with E-state index in [1.807, 2.05) is 32.2 Å². The summed E-state index contributed by atoms with van der Waals surface area (Å²) in [7, 11) is 0. The third-order valence-electron chi connectivity index (χ3n) is 1.95. The molecule has 3 nitrogen and oxygen atoms in total. The number of rotatable bonds is 4. The Morgan fingerprint density at radius 2 is 2.21 bits per heavy atom. The van der Waals surface area contributed by atoms with Gasteiger partial charge in [0.1, 0.15) is 6.04 Å². The van der Waals surface area contributed by atoms with Crippen molar-refractivity contribution in [1.29, 1.82) is 0 Å². The molecule has 14 heavy (non-hydrogen) atoms. The largest absolute Gasteiger partial charge is 0.368 e. The molecule has 4 heteroatoms. The van der Waals surface area contributed by atoms with Gasteiger partial charge < -0.3 is 5.73 Å². The fourth-order valence-electron chi connectivity index (χ4n) is 1.30. The highest BCUT2D eigenvalue weighted by Crippen LogP contribution is 2.23. The Bertz CT molecular complexity index is 320. The van der Waals surface area contributed by atoms with Crippen molar-refractivity contribution in [1.82, 2.24) is 5.32 Å². The Balaban J connectivity index is 2.89. The Morgan fingerprint density at radius 1 is 1.57 bits per heavy atom. The lowest BCUT2D eigenvalue weighted by atomic mass is 10.1. The highest BCUT2D eigenvalue weighted by atomic mass is 32.1. The number of carbonyl (C=O) groups excluding carboxylic acids is 1. The number of hydrogen-bond acceptors (Lipinski definition) is 3. The average Bonchev–Trinajstić information content (AvgIpc) is 2.46. The van der Waals surface area contributed by atoms with E-state index < -0.39 is 0 Å². The van der Waals surface area contributed by atoms with Crippen LogP contribution in [-0.2, 0) is 4.79 Å². The second kappa shape index (κ2) is 4.57. The monoisotopic (exact) mass is 212 g/mol. The van der Waals surface area contributed by atoms with Crippen molar-refractivity contribution < 1.29 is 4.79 Å². The van der Waals surface area contributed by atoms with E-state index in [0.29, 0.717) is 0 Å². The summed E-state index contributed by atoms with van der Waals surface area (Å²) < 4.78 is 0. The summed E-state index contributed by atoms with van der Waals surface area (Å²) in [5, 5.41) is 5.13. The molecule has 0 aliphatic heterocycles. The second-order valence-electron chi connectivity index (χ2n) is 3.62. The molecule has 3 N–H and O–H groups in total. The van der Waals surface area contributed by atoms with Gasteiger partial charge in [-0.3, -0.25) is 10.1 Å². The molecule has 0 aromatic carbocycles. The van der Waals surface area contributed by atoms with Gasteiger partial charge in [0, 0.05) is 10.9 Å². The maximum absolute atomic E-state index is 11.3. The Hall–Kier alpha value is -0.870. The van der Waals surface area contributed by atoms with Crippen molar-refractivity contribution in [2.75, 3.05) is 0 Å². The number of thiophene rings is 1. The summed E-state index contributed by atoms with van der Waals surface area (Å²) in [6, 6.07) is 1.89. The van der Waals surface area contributed by atoms with Crippen LogP contribution in [0.25, 0.3) is 0 Å². The van der Waals surface area contributed by atoms with Crippen molar-refractivity contribution in [2.45, 2.75) is 32.9 Å². The molecule has 0 saturated carbocycles. The van der Waals surface area contributed by atoms with Gasteiger partial charge in [-0.2, -0.15) is 0 Å². The number of carbonyl (C=O) groups is 1. The quantitative estimate of drug-likeness (QED) is 0.796. The smallest absolute Gasteiger partial charge is 0.240 e. The van der Waals surface area contributed by atoms with Crippen molar-refractivity contribution in [3.05, 3.63) is 21.9 Å². The minimum absolute atomic E-state index is 0.244. The van der Waals surface area contributed by atoms with Gasteiger partial charge >= 0.3 is 0 Å². The number of hydrogen-bond donors (Lipinski definition) is 2. The van der Waals surface area contributed by atoms with Gasteiger partial charge in [0.25, 0.3) is 0 Å². The topological polar surface area (TPSA) is 55.1 Å². The van der Waals surface area contributed by atoms with Crippen LogP contribution in [0, 0.1) is 6.92 Å². The van der Waals surface area contributed by atoms with E-state index in [2.05, 4.69) is 5.32 Å². The number of amides is 1. The third-order valence-corrected chi connectivity index (χ3v) is 3.03. The van der Waals surface area contributed by atoms with E-state index in [1.165, 1.54) is 0 Å². The fourth-order valence-corrected chi connectivity index (χ4v) is 2.29. The van der Waals surface area contributed by atoms with Gasteiger partial charge in [-0.25, -0.2) is 0 Å². The number of nitrogens with one attached hydrogen (secondary N) is 1. The Morgan fingerprint density at radius 3 is 2.57 bits per heavy atom. The molecule has 0 fully saturated rings. The van der Waals surface area contributed by atoms with E-state index in [1.54, 1.807) is 11.3 Å². The SMILES string of the molecule is Cc1ccsc1C(NC(C)C)C(N)=O. The zero-order valence-corrected chi connectivity index (χ0v) is 9.52. The third kappa shape index (κ3) is 2.56. The molecule has 1 atom stereocenters. The van der Waals surface area contributed by atoms with E-state index in [9.17, 15) is 4.79 Å². The maximum Gasteiger partial charge on any atom is 0.240 e. The van der Waals surface area contributed by atoms with Crippen LogP contribution in [0.5, 0.6) is 0 Å². The molecule has 0 saturated heterocycles. The summed E-state index contributed by atoms with van der Waals surface area (Å²) in [5.74, 6) is -0.316. The summed E-state index contributed by atoms with van der Waals surface area (Å²) in [5.41, 5.74) is 6.47. The molecule has 0 spiro atoms. The van der Waals surface area contributed by atoms with Gasteiger partial charge in [0.05, 0.1) is 0 Å². The van der Waals surface area contributed by atoms with Crippen LogP contribution in [-0.4, -0.2) is 11.9 Å². The summed E-state index contributed by atoms with van der Waals surface area (Å²) >= 11 is 1.56. The second-order valence-corrected chi connectivity index (χ2v) is 4.57. The lowest BCUT2D eigenvalue weighted by molar-refractivity contribution is -0.120. The molecule has 0 aliphatic rings. The van der Waals surface area contributed by atoms with E-state index in [0.717, 1.165) is 10.4 Å². The summed E-state index contributed by atoms with van der Waals surface area (Å²) in [4.78, 5) is 12.3. The standard InChI is InChI=1S/C10H16N2OS/c1-6(2)12-8(10(11)13)9-7(3)4-5-14-9/h4-6,8,12H,1-3H3,(H2,11,13). The molecule has 1 aromatic rings. The molecule has 1 unspecified atom stereocenters. The van der Waals surface area contributed by atoms with Crippen LogP contribution in [0.2, 0.25) is 0 Å². The maximum atomic E-state index is 11.3. The molecular formula is C10H16N2OS. The Labute approximate surface area is 88.3 Å². The van der Waals surface area contributed by atoms with Crippen molar-refractivity contribution >= 4 is 17.2 Å². The number of primary amides is 1. The highest BCUT2D eigenvalue weighted by Gasteiger charge is 2.21. The molecule has 0 aliphatic carbocycles. The van der Waals surface area contributed by atoms with Gasteiger partial charge in [-0.15, -0.1) is 11.3 Å². The van der Waals surface area contributed by atoms with Crippen LogP contribution in [0.4, 0.5) is 0 Å². The van der Waals surface area contributed by atoms with Crippen LogP contribution in [0.15, 0.2) is 11.4 Å². The first-order valence-electron chi connectivity index (χ1n) is 4.61.